The molecule has 0 aliphatic heterocycles. The van der Waals surface area contributed by atoms with Gasteiger partial charge in [-0.05, 0) is 29.2 Å². The van der Waals surface area contributed by atoms with Crippen LogP contribution in [-0.2, 0) is 7.05 Å². The summed E-state index contributed by atoms with van der Waals surface area (Å²) in [4.78, 5) is 2.26. The average Bonchev–Trinajstić information content (AvgIpc) is 2.61. The molecule has 0 radical (unpaired) electrons. The van der Waals surface area contributed by atoms with Gasteiger partial charge < -0.3 is 4.90 Å². The van der Waals surface area contributed by atoms with E-state index in [1.165, 1.54) is 27.7 Å². The van der Waals surface area contributed by atoms with E-state index in [9.17, 15) is 0 Å². The van der Waals surface area contributed by atoms with Gasteiger partial charge in [0.1, 0.15) is 7.05 Å². The fourth-order valence-corrected chi connectivity index (χ4v) is 3.24. The summed E-state index contributed by atoms with van der Waals surface area (Å²) in [6, 6.07) is 19.2. The van der Waals surface area contributed by atoms with Crippen LogP contribution in [0.3, 0.4) is 0 Å². The Morgan fingerprint density at radius 1 is 0.958 bits per heavy atom. The van der Waals surface area contributed by atoms with Gasteiger partial charge in [-0.25, -0.2) is 4.57 Å². The third-order valence-corrected chi connectivity index (χ3v) is 4.51. The zero-order valence-electron chi connectivity index (χ0n) is 14.2. The molecule has 0 N–H and O–H groups in total. The van der Waals surface area contributed by atoms with Crippen LogP contribution < -0.4 is 9.47 Å². The topological polar surface area (TPSA) is 7.12 Å². The molecular weight excluding hydrogens is 312 g/mol. The molecule has 0 saturated carbocycles. The Labute approximate surface area is 149 Å². The van der Waals surface area contributed by atoms with Crippen LogP contribution in [0.15, 0.2) is 60.8 Å². The monoisotopic (exact) mass is 335 g/mol. The fourth-order valence-electron chi connectivity index (χ4n) is 2.94. The van der Waals surface area contributed by atoms with Gasteiger partial charge in [-0.1, -0.05) is 30.3 Å². The standard InChI is InChI=1S/C21H22N2S/c1-22-14-6-5-7-18(22)12-10-17-11-13-21(23(2)15-16-24)20-9-4-3-8-19(17)20/h3-14H,15-16H2,1-2H3/p+1. The molecule has 0 atom stereocenters. The van der Waals surface area contributed by atoms with Crippen molar-refractivity contribution in [3.63, 3.8) is 0 Å². The van der Waals surface area contributed by atoms with E-state index in [0.29, 0.717) is 0 Å². The number of fused-ring (bicyclic) bond motifs is 1. The predicted molar refractivity (Wildman–Crippen MR) is 108 cm³/mol. The smallest absolute Gasteiger partial charge is 0.204 e. The van der Waals surface area contributed by atoms with Crippen LogP contribution in [0.1, 0.15) is 11.3 Å². The van der Waals surface area contributed by atoms with Gasteiger partial charge in [-0.15, -0.1) is 0 Å². The van der Waals surface area contributed by atoms with E-state index in [1.54, 1.807) is 0 Å². The molecule has 2 aromatic carbocycles. The van der Waals surface area contributed by atoms with Crippen LogP contribution >= 0.6 is 12.6 Å². The van der Waals surface area contributed by atoms with E-state index in [2.05, 4.69) is 103 Å². The van der Waals surface area contributed by atoms with Crippen LogP contribution in [0.2, 0.25) is 0 Å². The number of aryl methyl sites for hydroxylation is 1. The number of aromatic nitrogens is 1. The fraction of sp³-hybridized carbons (Fsp3) is 0.190. The van der Waals surface area contributed by atoms with E-state index < -0.39 is 0 Å². The molecule has 0 spiro atoms. The van der Waals surface area contributed by atoms with Gasteiger partial charge in [-0.3, -0.25) is 0 Å². The summed E-state index contributed by atoms with van der Waals surface area (Å²) >= 11 is 4.35. The summed E-state index contributed by atoms with van der Waals surface area (Å²) in [7, 11) is 4.19. The van der Waals surface area contributed by atoms with Gasteiger partial charge in [0.15, 0.2) is 6.20 Å². The maximum atomic E-state index is 4.35. The maximum absolute atomic E-state index is 4.35. The van der Waals surface area contributed by atoms with Crippen molar-refractivity contribution >= 4 is 41.2 Å². The first-order valence-corrected chi connectivity index (χ1v) is 8.80. The Morgan fingerprint density at radius 2 is 1.71 bits per heavy atom. The van der Waals surface area contributed by atoms with E-state index in [-0.39, 0.29) is 0 Å². The third-order valence-electron chi connectivity index (χ3n) is 4.31. The SMILES string of the molecule is CN(CCS)c1ccc(/C=C/c2cccc[n+]2C)c2ccccc12. The van der Waals surface area contributed by atoms with Crippen LogP contribution in [0.25, 0.3) is 22.9 Å². The Hall–Kier alpha value is -2.26. The Balaban J connectivity index is 2.04. The van der Waals surface area contributed by atoms with Gasteiger partial charge in [0.05, 0.1) is 0 Å². The molecule has 24 heavy (non-hydrogen) atoms. The highest BCUT2D eigenvalue weighted by Gasteiger charge is 2.08. The second-order valence-electron chi connectivity index (χ2n) is 5.93. The Morgan fingerprint density at radius 3 is 2.46 bits per heavy atom. The molecule has 3 heteroatoms. The average molecular weight is 335 g/mol. The zero-order valence-corrected chi connectivity index (χ0v) is 15.1. The lowest BCUT2D eigenvalue weighted by Gasteiger charge is -2.21. The van der Waals surface area contributed by atoms with Gasteiger partial charge >= 0.3 is 0 Å². The molecule has 1 heterocycles. The van der Waals surface area contributed by atoms with Crippen LogP contribution in [0.5, 0.6) is 0 Å². The third kappa shape index (κ3) is 3.46. The first kappa shape index (κ1) is 16.6. The molecule has 0 bridgehead atoms. The zero-order chi connectivity index (χ0) is 16.9. The summed E-state index contributed by atoms with van der Waals surface area (Å²) in [6.07, 6.45) is 6.42. The van der Waals surface area contributed by atoms with Gasteiger partial charge in [0.2, 0.25) is 5.69 Å². The second-order valence-corrected chi connectivity index (χ2v) is 6.38. The molecule has 1 aromatic heterocycles. The molecule has 3 aromatic rings. The first-order valence-electron chi connectivity index (χ1n) is 8.17. The Kier molecular flexibility index (Phi) is 5.21. The van der Waals surface area contributed by atoms with Crippen molar-refractivity contribution < 1.29 is 4.57 Å². The molecule has 3 rings (SSSR count). The minimum Gasteiger partial charge on any atom is -0.373 e. The van der Waals surface area contributed by atoms with Gasteiger partial charge in [-0.2, -0.15) is 12.6 Å². The van der Waals surface area contributed by atoms with Crippen molar-refractivity contribution in [2.45, 2.75) is 0 Å². The van der Waals surface area contributed by atoms with E-state index >= 15 is 0 Å². The van der Waals surface area contributed by atoms with Gasteiger partial charge in [0.25, 0.3) is 0 Å². The molecule has 0 unspecified atom stereocenters. The predicted octanol–water partition coefficient (Wildman–Crippen LogP) is 4.20. The summed E-state index contributed by atoms with van der Waals surface area (Å²) in [5.74, 6) is 0.844. The van der Waals surface area contributed by atoms with Gasteiger partial charge in [0, 0.05) is 48.6 Å². The normalized spacial score (nSPS) is 11.3. The van der Waals surface area contributed by atoms with E-state index in [4.69, 9.17) is 0 Å². The first-order chi connectivity index (χ1) is 11.7. The van der Waals surface area contributed by atoms with Crippen molar-refractivity contribution in [1.82, 2.24) is 0 Å². The van der Waals surface area contributed by atoms with E-state index in [1.807, 2.05) is 6.07 Å². The molecule has 0 amide bonds. The number of rotatable bonds is 5. The summed E-state index contributed by atoms with van der Waals surface area (Å²) in [6.45, 7) is 0.933. The lowest BCUT2D eigenvalue weighted by atomic mass is 10.0. The van der Waals surface area contributed by atoms with Crippen molar-refractivity contribution in [2.75, 3.05) is 24.2 Å². The van der Waals surface area contributed by atoms with Crippen molar-refractivity contribution in [2.24, 2.45) is 7.05 Å². The van der Waals surface area contributed by atoms with E-state index in [0.717, 1.165) is 12.3 Å². The largest absolute Gasteiger partial charge is 0.373 e. The number of hydrogen-bond donors (Lipinski definition) is 1. The quantitative estimate of drug-likeness (QED) is 0.542. The molecule has 0 aliphatic carbocycles. The molecule has 0 fully saturated rings. The number of hydrogen-bond acceptors (Lipinski definition) is 2. The highest BCUT2D eigenvalue weighted by atomic mass is 32.1. The molecule has 0 aliphatic rings. The lowest BCUT2D eigenvalue weighted by Crippen LogP contribution is -2.30. The summed E-state index contributed by atoms with van der Waals surface area (Å²) in [5, 5.41) is 2.55. The second kappa shape index (κ2) is 7.54. The highest BCUT2D eigenvalue weighted by Crippen LogP contribution is 2.29. The van der Waals surface area contributed by atoms with Crippen molar-refractivity contribution in [3.05, 3.63) is 72.1 Å². The lowest BCUT2D eigenvalue weighted by molar-refractivity contribution is -0.673. The number of nitrogens with zero attached hydrogens (tertiary/aromatic N) is 2. The van der Waals surface area contributed by atoms with Crippen molar-refractivity contribution in [1.29, 1.82) is 0 Å². The number of benzene rings is 2. The molecule has 2 nitrogen and oxygen atoms in total. The molecule has 0 saturated heterocycles. The minimum absolute atomic E-state index is 0.844. The summed E-state index contributed by atoms with van der Waals surface area (Å²) in [5.41, 5.74) is 3.66. The molecule has 122 valence electrons. The maximum Gasteiger partial charge on any atom is 0.204 e. The highest BCUT2D eigenvalue weighted by molar-refractivity contribution is 7.80. The number of pyridine rings is 1. The number of thiol groups is 1. The minimum atomic E-state index is 0.844. The summed E-state index contributed by atoms with van der Waals surface area (Å²) < 4.78 is 2.12. The van der Waals surface area contributed by atoms with Crippen molar-refractivity contribution in [3.8, 4) is 0 Å². The van der Waals surface area contributed by atoms with Crippen LogP contribution in [0.4, 0.5) is 5.69 Å². The molecular formula is C21H23N2S+. The van der Waals surface area contributed by atoms with Crippen LogP contribution in [-0.4, -0.2) is 19.3 Å². The van der Waals surface area contributed by atoms with Crippen LogP contribution in [0, 0.1) is 0 Å². The Bertz CT molecular complexity index is 871. The number of anilines is 1.